The Morgan fingerprint density at radius 1 is 0.500 bits per heavy atom. The first-order valence-corrected chi connectivity index (χ1v) is 15.5. The van der Waals surface area contributed by atoms with Crippen molar-refractivity contribution in [2.75, 3.05) is 0 Å². The fraction of sp³-hybridized carbons (Fsp3) is 0.0270. The van der Waals surface area contributed by atoms with Crippen molar-refractivity contribution in [3.8, 4) is 22.3 Å². The van der Waals surface area contributed by atoms with Crippen molar-refractivity contribution in [2.24, 2.45) is 0 Å². The van der Waals surface area contributed by atoms with Gasteiger partial charge in [-0.15, -0.1) is 11.3 Å². The molecule has 3 heteroatoms. The lowest BCUT2D eigenvalue weighted by Gasteiger charge is -2.40. The molecule has 7 aromatic rings. The lowest BCUT2D eigenvalue weighted by atomic mass is 9.67. The van der Waals surface area contributed by atoms with Crippen LogP contribution in [0.25, 0.3) is 42.4 Å². The Balaban J connectivity index is 1.40. The standard InChI is InChI=1S/C37H21ClS2/c38-23-20-27(22-17-18-34-28(19-22)26-11-3-7-15-33(26)39-34)36-32(21-23)37(31-14-6-8-16-35(31)40-36)29-12-4-1-9-24(29)25-10-2-5-13-30(25)37/h1-21H. The molecular formula is C37H21ClS2. The Hall–Kier alpha value is -3.82. The highest BCUT2D eigenvalue weighted by molar-refractivity contribution is 7.99. The zero-order chi connectivity index (χ0) is 26.4. The van der Waals surface area contributed by atoms with Crippen LogP contribution in [0.2, 0.25) is 5.02 Å². The molecule has 0 bridgehead atoms. The predicted octanol–water partition coefficient (Wildman–Crippen LogP) is 11.2. The van der Waals surface area contributed by atoms with Crippen LogP contribution in [0, 0.1) is 0 Å². The van der Waals surface area contributed by atoms with Gasteiger partial charge in [0, 0.05) is 35.0 Å². The topological polar surface area (TPSA) is 0 Å². The van der Waals surface area contributed by atoms with Gasteiger partial charge >= 0.3 is 0 Å². The fourth-order valence-electron chi connectivity index (χ4n) is 7.03. The lowest BCUT2D eigenvalue weighted by Crippen LogP contribution is -2.32. The van der Waals surface area contributed by atoms with Crippen LogP contribution in [-0.4, -0.2) is 0 Å². The second kappa shape index (κ2) is 8.34. The maximum Gasteiger partial charge on any atom is 0.0736 e. The summed E-state index contributed by atoms with van der Waals surface area (Å²) in [6.07, 6.45) is 0. The van der Waals surface area contributed by atoms with Crippen LogP contribution in [0.5, 0.6) is 0 Å². The Labute approximate surface area is 245 Å². The highest BCUT2D eigenvalue weighted by Crippen LogP contribution is 2.63. The van der Waals surface area contributed by atoms with E-state index in [2.05, 4.69) is 127 Å². The van der Waals surface area contributed by atoms with Crippen molar-refractivity contribution in [3.05, 3.63) is 155 Å². The maximum atomic E-state index is 7.06. The quantitative estimate of drug-likeness (QED) is 0.191. The largest absolute Gasteiger partial charge is 0.135 e. The number of benzene rings is 6. The van der Waals surface area contributed by atoms with Crippen molar-refractivity contribution < 1.29 is 0 Å². The highest BCUT2D eigenvalue weighted by Gasteiger charge is 2.50. The minimum absolute atomic E-state index is 0.427. The van der Waals surface area contributed by atoms with Gasteiger partial charge in [-0.3, -0.25) is 0 Å². The van der Waals surface area contributed by atoms with Gasteiger partial charge in [0.05, 0.1) is 5.41 Å². The second-order valence-electron chi connectivity index (χ2n) is 10.6. The van der Waals surface area contributed by atoms with Crippen LogP contribution >= 0.6 is 34.7 Å². The van der Waals surface area contributed by atoms with Gasteiger partial charge in [0.1, 0.15) is 0 Å². The van der Waals surface area contributed by atoms with E-state index < -0.39 is 5.41 Å². The maximum absolute atomic E-state index is 7.06. The second-order valence-corrected chi connectivity index (χ2v) is 13.2. The van der Waals surface area contributed by atoms with Crippen LogP contribution in [-0.2, 0) is 5.41 Å². The molecule has 1 aliphatic heterocycles. The first kappa shape index (κ1) is 22.9. The highest BCUT2D eigenvalue weighted by atomic mass is 35.5. The molecule has 1 spiro atoms. The third-order valence-electron chi connectivity index (χ3n) is 8.60. The number of rotatable bonds is 1. The molecular weight excluding hydrogens is 544 g/mol. The molecule has 2 heterocycles. The molecule has 2 aliphatic rings. The Bertz CT molecular complexity index is 2120. The van der Waals surface area contributed by atoms with E-state index in [9.17, 15) is 0 Å². The Morgan fingerprint density at radius 2 is 1.15 bits per heavy atom. The molecule has 1 aliphatic carbocycles. The third kappa shape index (κ3) is 2.94. The van der Waals surface area contributed by atoms with E-state index in [1.54, 1.807) is 0 Å². The predicted molar refractivity (Wildman–Crippen MR) is 171 cm³/mol. The van der Waals surface area contributed by atoms with Crippen molar-refractivity contribution in [3.63, 3.8) is 0 Å². The van der Waals surface area contributed by atoms with Crippen LogP contribution in [0.15, 0.2) is 137 Å². The number of thiophene rings is 1. The van der Waals surface area contributed by atoms with Gasteiger partial charge in [0.2, 0.25) is 0 Å². The van der Waals surface area contributed by atoms with E-state index in [1.165, 1.54) is 74.5 Å². The van der Waals surface area contributed by atoms with Crippen molar-refractivity contribution >= 4 is 54.9 Å². The molecule has 0 N–H and O–H groups in total. The molecule has 0 fully saturated rings. The molecule has 40 heavy (non-hydrogen) atoms. The van der Waals surface area contributed by atoms with Gasteiger partial charge < -0.3 is 0 Å². The van der Waals surface area contributed by atoms with Crippen LogP contribution in [0.4, 0.5) is 0 Å². The number of hydrogen-bond acceptors (Lipinski definition) is 2. The third-order valence-corrected chi connectivity index (χ3v) is 11.2. The molecule has 6 aromatic carbocycles. The van der Waals surface area contributed by atoms with E-state index in [1.807, 2.05) is 23.1 Å². The average molecular weight is 565 g/mol. The zero-order valence-corrected chi connectivity index (χ0v) is 23.7. The average Bonchev–Trinajstić information content (AvgIpc) is 3.51. The summed E-state index contributed by atoms with van der Waals surface area (Å²) in [6.45, 7) is 0. The first-order chi connectivity index (χ1) is 19.7. The smallest absolute Gasteiger partial charge is 0.0736 e. The molecule has 9 rings (SSSR count). The van der Waals surface area contributed by atoms with Gasteiger partial charge in [-0.25, -0.2) is 0 Å². The summed E-state index contributed by atoms with van der Waals surface area (Å²) in [5, 5.41) is 3.39. The van der Waals surface area contributed by atoms with E-state index in [0.717, 1.165) is 5.02 Å². The van der Waals surface area contributed by atoms with Gasteiger partial charge in [-0.2, -0.15) is 0 Å². The van der Waals surface area contributed by atoms with E-state index in [-0.39, 0.29) is 0 Å². The van der Waals surface area contributed by atoms with Crippen LogP contribution in [0.1, 0.15) is 22.3 Å². The molecule has 0 radical (unpaired) electrons. The number of fused-ring (bicyclic) bond motifs is 12. The molecule has 0 saturated heterocycles. The minimum Gasteiger partial charge on any atom is -0.135 e. The Morgan fingerprint density at radius 3 is 1.95 bits per heavy atom. The van der Waals surface area contributed by atoms with Gasteiger partial charge in [-0.1, -0.05) is 114 Å². The zero-order valence-electron chi connectivity index (χ0n) is 21.3. The van der Waals surface area contributed by atoms with Gasteiger partial charge in [-0.05, 0) is 80.9 Å². The lowest BCUT2D eigenvalue weighted by molar-refractivity contribution is 0.723. The fourth-order valence-corrected chi connectivity index (χ4v) is 9.64. The number of halogens is 1. The van der Waals surface area contributed by atoms with Crippen LogP contribution in [0.3, 0.4) is 0 Å². The normalized spacial score (nSPS) is 14.2. The van der Waals surface area contributed by atoms with E-state index >= 15 is 0 Å². The molecule has 0 saturated carbocycles. The summed E-state index contributed by atoms with van der Waals surface area (Å²) in [4.78, 5) is 2.58. The van der Waals surface area contributed by atoms with Crippen molar-refractivity contribution in [1.82, 2.24) is 0 Å². The molecule has 0 unspecified atom stereocenters. The number of hydrogen-bond donors (Lipinski definition) is 0. The molecule has 1 aromatic heterocycles. The van der Waals surface area contributed by atoms with Crippen LogP contribution < -0.4 is 0 Å². The molecule has 0 atom stereocenters. The summed E-state index contributed by atoms with van der Waals surface area (Å²) in [5.74, 6) is 0. The Kier molecular flexibility index (Phi) is 4.79. The monoisotopic (exact) mass is 564 g/mol. The summed E-state index contributed by atoms with van der Waals surface area (Å²) in [5.41, 5.74) is 9.84. The van der Waals surface area contributed by atoms with E-state index in [4.69, 9.17) is 11.6 Å². The summed E-state index contributed by atoms with van der Waals surface area (Å²) in [7, 11) is 0. The molecule has 188 valence electrons. The molecule has 0 nitrogen and oxygen atoms in total. The molecule has 0 amide bonds. The van der Waals surface area contributed by atoms with Gasteiger partial charge in [0.15, 0.2) is 0 Å². The summed E-state index contributed by atoms with van der Waals surface area (Å²) in [6, 6.07) is 46.8. The van der Waals surface area contributed by atoms with E-state index in [0.29, 0.717) is 0 Å². The summed E-state index contributed by atoms with van der Waals surface area (Å²) < 4.78 is 2.64. The minimum atomic E-state index is -0.427. The first-order valence-electron chi connectivity index (χ1n) is 13.5. The van der Waals surface area contributed by atoms with Crippen molar-refractivity contribution in [1.29, 1.82) is 0 Å². The summed E-state index contributed by atoms with van der Waals surface area (Å²) >= 11 is 10.8. The van der Waals surface area contributed by atoms with Gasteiger partial charge in [0.25, 0.3) is 0 Å². The SMILES string of the molecule is Clc1cc(-c2ccc3sc4ccccc4c3c2)c2c(c1)C1(c3ccccc3S2)c2ccccc2-c2ccccc21. The van der Waals surface area contributed by atoms with Crippen molar-refractivity contribution in [2.45, 2.75) is 15.2 Å².